The van der Waals surface area contributed by atoms with Crippen LogP contribution in [0.3, 0.4) is 0 Å². The van der Waals surface area contributed by atoms with Crippen molar-refractivity contribution >= 4 is 35.2 Å². The van der Waals surface area contributed by atoms with E-state index in [1.54, 1.807) is 12.1 Å². The van der Waals surface area contributed by atoms with Crippen LogP contribution in [0.5, 0.6) is 0 Å². The van der Waals surface area contributed by atoms with E-state index < -0.39 is 5.91 Å². The topological polar surface area (TPSA) is 57.8 Å². The molecule has 0 saturated carbocycles. The number of aryl methyl sites for hydroxylation is 1. The maximum absolute atomic E-state index is 12.7. The van der Waals surface area contributed by atoms with Gasteiger partial charge >= 0.3 is 0 Å². The molecule has 3 aromatic rings. The summed E-state index contributed by atoms with van der Waals surface area (Å²) in [5, 5.41) is 13.4. The lowest BCUT2D eigenvalue weighted by molar-refractivity contribution is -0.117. The summed E-state index contributed by atoms with van der Waals surface area (Å²) in [6, 6.07) is 18.8. The minimum atomic E-state index is -0.417. The van der Waals surface area contributed by atoms with Crippen LogP contribution < -0.4 is 5.32 Å². The van der Waals surface area contributed by atoms with E-state index >= 15 is 0 Å². The molecule has 3 rings (SSSR count). The highest BCUT2D eigenvalue weighted by Crippen LogP contribution is 2.32. The summed E-state index contributed by atoms with van der Waals surface area (Å²) >= 11 is 12.6. The number of nitrogens with one attached hydrogen (secondary N) is 1. The number of benzene rings is 2. The van der Waals surface area contributed by atoms with E-state index in [2.05, 4.69) is 5.32 Å². The summed E-state index contributed by atoms with van der Waals surface area (Å²) in [7, 11) is 0. The van der Waals surface area contributed by atoms with E-state index in [1.165, 1.54) is 0 Å². The Morgan fingerprint density at radius 1 is 1.13 bits per heavy atom. The fourth-order valence-corrected chi connectivity index (χ4v) is 3.75. The molecular formula is C24H21Cl2N3O. The normalized spacial score (nSPS) is 12.3. The maximum atomic E-state index is 12.7. The minimum Gasteiger partial charge on any atom is -0.345 e. The average molecular weight is 438 g/mol. The van der Waals surface area contributed by atoms with E-state index in [0.717, 1.165) is 28.2 Å². The van der Waals surface area contributed by atoms with E-state index in [0.29, 0.717) is 10.0 Å². The quantitative estimate of drug-likeness (QED) is 0.382. The summed E-state index contributed by atoms with van der Waals surface area (Å²) in [6.07, 6.45) is 1.60. The molecule has 1 aromatic heterocycles. The second-order valence-corrected chi connectivity index (χ2v) is 7.80. The van der Waals surface area contributed by atoms with E-state index in [4.69, 9.17) is 23.2 Å². The fourth-order valence-electron chi connectivity index (χ4n) is 3.37. The molecule has 152 valence electrons. The first-order valence-electron chi connectivity index (χ1n) is 9.44. The SMILES string of the molecule is Cc1cc(/C=C(/C#N)C(=O)N[C@@H](C)c2ccccc2)c(C)n1-c1cccc(Cl)c1Cl. The number of hydrogen-bond acceptors (Lipinski definition) is 2. The van der Waals surface area contributed by atoms with Gasteiger partial charge in [0.15, 0.2) is 0 Å². The van der Waals surface area contributed by atoms with Crippen molar-refractivity contribution in [1.82, 2.24) is 9.88 Å². The van der Waals surface area contributed by atoms with Gasteiger partial charge in [-0.3, -0.25) is 4.79 Å². The zero-order chi connectivity index (χ0) is 21.8. The van der Waals surface area contributed by atoms with Crippen molar-refractivity contribution in [2.45, 2.75) is 26.8 Å². The summed E-state index contributed by atoms with van der Waals surface area (Å²) < 4.78 is 1.96. The van der Waals surface area contributed by atoms with Gasteiger partial charge in [-0.1, -0.05) is 59.6 Å². The largest absolute Gasteiger partial charge is 0.345 e. The van der Waals surface area contributed by atoms with Crippen molar-refractivity contribution in [2.75, 3.05) is 0 Å². The zero-order valence-electron chi connectivity index (χ0n) is 16.9. The second-order valence-electron chi connectivity index (χ2n) is 7.01. The summed E-state index contributed by atoms with van der Waals surface area (Å²) in [4.78, 5) is 12.7. The first kappa shape index (κ1) is 21.7. The van der Waals surface area contributed by atoms with Gasteiger partial charge in [-0.2, -0.15) is 5.26 Å². The van der Waals surface area contributed by atoms with Gasteiger partial charge in [-0.05, 0) is 56.2 Å². The molecule has 30 heavy (non-hydrogen) atoms. The first-order chi connectivity index (χ1) is 14.3. The molecule has 1 heterocycles. The number of carbonyl (C=O) groups excluding carboxylic acids is 1. The number of carbonyl (C=O) groups is 1. The third kappa shape index (κ3) is 4.43. The summed E-state index contributed by atoms with van der Waals surface area (Å²) in [5.41, 5.74) is 4.29. The monoisotopic (exact) mass is 437 g/mol. The van der Waals surface area contributed by atoms with Crippen molar-refractivity contribution in [3.8, 4) is 11.8 Å². The Hall–Kier alpha value is -3.00. The van der Waals surface area contributed by atoms with Crippen LogP contribution in [0.1, 0.15) is 35.5 Å². The molecule has 6 heteroatoms. The number of aromatic nitrogens is 1. The minimum absolute atomic E-state index is 0.0372. The number of nitrogens with zero attached hydrogens (tertiary/aromatic N) is 2. The van der Waals surface area contributed by atoms with Crippen molar-refractivity contribution in [1.29, 1.82) is 5.26 Å². The molecular weight excluding hydrogens is 417 g/mol. The molecule has 0 aliphatic carbocycles. The molecule has 0 bridgehead atoms. The van der Waals surface area contributed by atoms with Crippen molar-refractivity contribution < 1.29 is 4.79 Å². The number of halogens is 2. The molecule has 0 aliphatic heterocycles. The average Bonchev–Trinajstić information content (AvgIpc) is 3.01. The number of rotatable bonds is 5. The van der Waals surface area contributed by atoms with Crippen LogP contribution in [0.4, 0.5) is 0 Å². The molecule has 0 radical (unpaired) electrons. The standard InChI is InChI=1S/C24H21Cl2N3O/c1-15-12-19(17(3)29(15)22-11-7-10-21(25)23(22)26)13-20(14-27)24(30)28-16(2)18-8-5-4-6-9-18/h4-13,16H,1-3H3,(H,28,30)/b20-13-/t16-/m0/s1. The Balaban J connectivity index is 1.92. The Kier molecular flexibility index (Phi) is 6.66. The lowest BCUT2D eigenvalue weighted by atomic mass is 10.1. The van der Waals surface area contributed by atoms with Crippen LogP contribution in [0.2, 0.25) is 10.0 Å². The molecule has 1 N–H and O–H groups in total. The Bertz CT molecular complexity index is 1160. The van der Waals surface area contributed by atoms with Gasteiger partial charge in [0.1, 0.15) is 11.6 Å². The van der Waals surface area contributed by atoms with Gasteiger partial charge in [0.2, 0.25) is 0 Å². The number of nitriles is 1. The van der Waals surface area contributed by atoms with Crippen LogP contribution in [-0.2, 0) is 4.79 Å². The van der Waals surface area contributed by atoms with Crippen molar-refractivity contribution in [3.63, 3.8) is 0 Å². The number of amides is 1. The predicted molar refractivity (Wildman–Crippen MR) is 122 cm³/mol. The number of hydrogen-bond donors (Lipinski definition) is 1. The zero-order valence-corrected chi connectivity index (χ0v) is 18.4. The molecule has 0 saturated heterocycles. The van der Waals surface area contributed by atoms with Crippen molar-refractivity contribution in [3.05, 3.63) is 92.7 Å². The van der Waals surface area contributed by atoms with Crippen LogP contribution >= 0.6 is 23.2 Å². The molecule has 0 unspecified atom stereocenters. The van der Waals surface area contributed by atoms with Crippen LogP contribution in [0.15, 0.2) is 60.2 Å². The first-order valence-corrected chi connectivity index (χ1v) is 10.2. The summed E-state index contributed by atoms with van der Waals surface area (Å²) in [5.74, 6) is -0.417. The Morgan fingerprint density at radius 3 is 2.50 bits per heavy atom. The van der Waals surface area contributed by atoms with Gasteiger partial charge in [0.05, 0.1) is 21.8 Å². The van der Waals surface area contributed by atoms with Crippen LogP contribution in [0, 0.1) is 25.2 Å². The Labute approximate surface area is 186 Å². The van der Waals surface area contributed by atoms with Crippen LogP contribution in [0.25, 0.3) is 11.8 Å². The molecule has 0 spiro atoms. The molecule has 1 amide bonds. The Morgan fingerprint density at radius 2 is 1.83 bits per heavy atom. The van der Waals surface area contributed by atoms with Crippen molar-refractivity contribution in [2.24, 2.45) is 0 Å². The smallest absolute Gasteiger partial charge is 0.262 e. The van der Waals surface area contributed by atoms with Gasteiger partial charge in [0, 0.05) is 11.4 Å². The van der Waals surface area contributed by atoms with Crippen LogP contribution in [-0.4, -0.2) is 10.5 Å². The van der Waals surface area contributed by atoms with Gasteiger partial charge in [-0.15, -0.1) is 0 Å². The lowest BCUT2D eigenvalue weighted by Crippen LogP contribution is -2.27. The lowest BCUT2D eigenvalue weighted by Gasteiger charge is -2.14. The highest BCUT2D eigenvalue weighted by Gasteiger charge is 2.17. The molecule has 2 aromatic carbocycles. The van der Waals surface area contributed by atoms with E-state index in [1.807, 2.05) is 79.9 Å². The predicted octanol–water partition coefficient (Wildman–Crippen LogP) is 6.19. The van der Waals surface area contributed by atoms with Gasteiger partial charge in [0.25, 0.3) is 5.91 Å². The second kappa shape index (κ2) is 9.21. The third-order valence-electron chi connectivity index (χ3n) is 4.95. The molecule has 0 fully saturated rings. The fraction of sp³-hybridized carbons (Fsp3) is 0.167. The molecule has 1 atom stereocenters. The maximum Gasteiger partial charge on any atom is 0.262 e. The highest BCUT2D eigenvalue weighted by molar-refractivity contribution is 6.43. The molecule has 4 nitrogen and oxygen atoms in total. The van der Waals surface area contributed by atoms with E-state index in [9.17, 15) is 10.1 Å². The highest BCUT2D eigenvalue weighted by atomic mass is 35.5. The third-order valence-corrected chi connectivity index (χ3v) is 5.76. The van der Waals surface area contributed by atoms with E-state index in [-0.39, 0.29) is 11.6 Å². The summed E-state index contributed by atoms with van der Waals surface area (Å²) in [6.45, 7) is 5.73. The molecule has 0 aliphatic rings. The van der Waals surface area contributed by atoms with Gasteiger partial charge < -0.3 is 9.88 Å². The van der Waals surface area contributed by atoms with Gasteiger partial charge in [-0.25, -0.2) is 0 Å².